The SMILES string of the molecule is C=C/C(=C\C)CC(=O)NC(=C)SC(=C)CCSCCc1nnc(NC(=O)C/C(C)=C/C)s1. The van der Waals surface area contributed by atoms with E-state index >= 15 is 0 Å². The van der Waals surface area contributed by atoms with Crippen LogP contribution in [-0.2, 0) is 16.0 Å². The lowest BCUT2D eigenvalue weighted by atomic mass is 10.2. The number of amides is 2. The van der Waals surface area contributed by atoms with Crippen LogP contribution in [0.15, 0.2) is 59.0 Å². The number of aryl methyl sites for hydroxylation is 1. The van der Waals surface area contributed by atoms with Gasteiger partial charge in [0.05, 0.1) is 11.4 Å². The van der Waals surface area contributed by atoms with Crippen molar-refractivity contribution in [1.29, 1.82) is 0 Å². The summed E-state index contributed by atoms with van der Waals surface area (Å²) in [5, 5.41) is 15.8. The minimum atomic E-state index is -0.109. The molecule has 174 valence electrons. The van der Waals surface area contributed by atoms with Crippen LogP contribution >= 0.6 is 34.9 Å². The van der Waals surface area contributed by atoms with Gasteiger partial charge in [-0.1, -0.05) is 66.6 Å². The van der Waals surface area contributed by atoms with Crippen molar-refractivity contribution in [2.24, 2.45) is 0 Å². The third-order valence-electron chi connectivity index (χ3n) is 4.17. The van der Waals surface area contributed by atoms with Gasteiger partial charge in [0.25, 0.3) is 0 Å². The number of thioether (sulfide) groups is 2. The van der Waals surface area contributed by atoms with Gasteiger partial charge in [-0.2, -0.15) is 11.8 Å². The molecule has 0 aliphatic carbocycles. The average Bonchev–Trinajstić information content (AvgIpc) is 3.18. The largest absolute Gasteiger partial charge is 0.321 e. The molecule has 0 unspecified atom stereocenters. The van der Waals surface area contributed by atoms with Gasteiger partial charge < -0.3 is 10.6 Å². The molecule has 0 aromatic carbocycles. The van der Waals surface area contributed by atoms with Crippen molar-refractivity contribution in [3.8, 4) is 0 Å². The van der Waals surface area contributed by atoms with E-state index in [-0.39, 0.29) is 18.2 Å². The first kappa shape index (κ1) is 27.9. The second-order valence-electron chi connectivity index (χ2n) is 6.83. The van der Waals surface area contributed by atoms with Crippen LogP contribution in [0.5, 0.6) is 0 Å². The predicted octanol–water partition coefficient (Wildman–Crippen LogP) is 5.86. The summed E-state index contributed by atoms with van der Waals surface area (Å²) in [6.07, 6.45) is 7.73. The third-order valence-corrected chi connectivity index (χ3v) is 6.90. The Hall–Kier alpha value is -2.10. The number of rotatable bonds is 15. The molecule has 0 fully saturated rings. The molecule has 2 N–H and O–H groups in total. The molecular weight excluding hydrogens is 460 g/mol. The van der Waals surface area contributed by atoms with Crippen molar-refractivity contribution < 1.29 is 9.59 Å². The number of anilines is 1. The van der Waals surface area contributed by atoms with E-state index in [0.29, 0.717) is 16.6 Å². The molecule has 0 saturated heterocycles. The number of nitrogens with one attached hydrogen (secondary N) is 2. The van der Waals surface area contributed by atoms with Crippen LogP contribution in [0.1, 0.15) is 45.0 Å². The molecular formula is C23H32N4O2S3. The lowest BCUT2D eigenvalue weighted by molar-refractivity contribution is -0.119. The molecule has 0 saturated carbocycles. The fraction of sp³-hybridized carbons (Fsp3) is 0.391. The van der Waals surface area contributed by atoms with E-state index in [2.05, 4.69) is 40.6 Å². The van der Waals surface area contributed by atoms with E-state index in [1.54, 1.807) is 17.8 Å². The normalized spacial score (nSPS) is 11.7. The van der Waals surface area contributed by atoms with Crippen LogP contribution in [0.25, 0.3) is 0 Å². The highest BCUT2D eigenvalue weighted by molar-refractivity contribution is 8.06. The molecule has 1 heterocycles. The molecule has 32 heavy (non-hydrogen) atoms. The van der Waals surface area contributed by atoms with Crippen LogP contribution in [-0.4, -0.2) is 33.5 Å². The van der Waals surface area contributed by atoms with E-state index in [9.17, 15) is 9.59 Å². The molecule has 2 amide bonds. The molecule has 0 spiro atoms. The first-order valence-electron chi connectivity index (χ1n) is 10.2. The molecule has 1 rings (SSSR count). The Bertz CT molecular complexity index is 888. The summed E-state index contributed by atoms with van der Waals surface area (Å²) in [5.41, 5.74) is 1.90. The first-order chi connectivity index (χ1) is 15.3. The summed E-state index contributed by atoms with van der Waals surface area (Å²) >= 11 is 4.61. The Labute approximate surface area is 203 Å². The number of hydrogen-bond acceptors (Lipinski definition) is 7. The van der Waals surface area contributed by atoms with Crippen molar-refractivity contribution in [2.75, 3.05) is 16.8 Å². The summed E-state index contributed by atoms with van der Waals surface area (Å²) in [5.74, 6) is 1.64. The number of hydrogen-bond donors (Lipinski definition) is 2. The molecule has 0 radical (unpaired) electrons. The summed E-state index contributed by atoms with van der Waals surface area (Å²) in [6, 6.07) is 0. The van der Waals surface area contributed by atoms with E-state index < -0.39 is 0 Å². The summed E-state index contributed by atoms with van der Waals surface area (Å²) in [7, 11) is 0. The minimum Gasteiger partial charge on any atom is -0.321 e. The minimum absolute atomic E-state index is 0.0746. The maximum atomic E-state index is 12.0. The Morgan fingerprint density at radius 2 is 1.84 bits per heavy atom. The molecule has 0 aliphatic heterocycles. The van der Waals surface area contributed by atoms with Crippen molar-refractivity contribution in [2.45, 2.75) is 46.5 Å². The number of carbonyl (C=O) groups is 2. The molecule has 1 aromatic heterocycles. The standard InChI is InChI=1S/C23H32N4O2S3/c1-7-16(4)14-20(28)25-23-27-26-22(32-23)11-13-30-12-10-17(5)31-18(6)24-21(29)15-19(8-2)9-3/h7-9H,2,5-6,10-15H2,1,3-4H3,(H,24,29)(H,25,27,28)/b16-7+,19-9+. The average molecular weight is 493 g/mol. The Kier molecular flexibility index (Phi) is 13.7. The predicted molar refractivity (Wildman–Crippen MR) is 141 cm³/mol. The molecule has 0 atom stereocenters. The highest BCUT2D eigenvalue weighted by Gasteiger charge is 2.09. The van der Waals surface area contributed by atoms with Crippen LogP contribution in [0, 0.1) is 0 Å². The van der Waals surface area contributed by atoms with Gasteiger partial charge in [-0.25, -0.2) is 0 Å². The van der Waals surface area contributed by atoms with Gasteiger partial charge in [0, 0.05) is 12.8 Å². The zero-order chi connectivity index (χ0) is 23.9. The van der Waals surface area contributed by atoms with Crippen LogP contribution < -0.4 is 10.6 Å². The van der Waals surface area contributed by atoms with Gasteiger partial charge in [0.2, 0.25) is 16.9 Å². The first-order valence-corrected chi connectivity index (χ1v) is 13.0. The van der Waals surface area contributed by atoms with Crippen molar-refractivity contribution >= 4 is 51.8 Å². The van der Waals surface area contributed by atoms with Gasteiger partial charge in [-0.3, -0.25) is 9.59 Å². The fourth-order valence-electron chi connectivity index (χ4n) is 2.30. The summed E-state index contributed by atoms with van der Waals surface area (Å²) < 4.78 is 0. The second-order valence-corrected chi connectivity index (χ2v) is 10.4. The van der Waals surface area contributed by atoms with Crippen molar-refractivity contribution in [3.63, 3.8) is 0 Å². The van der Waals surface area contributed by atoms with E-state index in [0.717, 1.165) is 45.4 Å². The monoisotopic (exact) mass is 492 g/mol. The maximum Gasteiger partial charge on any atom is 0.230 e. The molecule has 0 aliphatic rings. The molecule has 0 bridgehead atoms. The van der Waals surface area contributed by atoms with E-state index in [4.69, 9.17) is 0 Å². The van der Waals surface area contributed by atoms with Gasteiger partial charge in [0.1, 0.15) is 5.01 Å². The van der Waals surface area contributed by atoms with E-state index in [1.807, 2.05) is 32.9 Å². The number of carbonyl (C=O) groups excluding carboxylic acids is 2. The van der Waals surface area contributed by atoms with Gasteiger partial charge >= 0.3 is 0 Å². The number of allylic oxidation sites excluding steroid dienone is 4. The lowest BCUT2D eigenvalue weighted by Gasteiger charge is -2.10. The van der Waals surface area contributed by atoms with Crippen molar-refractivity contribution in [1.82, 2.24) is 15.5 Å². The van der Waals surface area contributed by atoms with Crippen molar-refractivity contribution in [3.05, 3.63) is 64.1 Å². The Morgan fingerprint density at radius 1 is 1.09 bits per heavy atom. The lowest BCUT2D eigenvalue weighted by Crippen LogP contribution is -2.20. The van der Waals surface area contributed by atoms with Crippen LogP contribution in [0.2, 0.25) is 0 Å². The Balaban J connectivity index is 2.22. The quantitative estimate of drug-likeness (QED) is 0.181. The fourth-order valence-corrected chi connectivity index (χ4v) is 4.96. The smallest absolute Gasteiger partial charge is 0.230 e. The summed E-state index contributed by atoms with van der Waals surface area (Å²) in [4.78, 5) is 24.8. The van der Waals surface area contributed by atoms with Gasteiger partial charge in [-0.05, 0) is 49.2 Å². The van der Waals surface area contributed by atoms with Gasteiger partial charge in [0.15, 0.2) is 0 Å². The zero-order valence-corrected chi connectivity index (χ0v) is 21.5. The topological polar surface area (TPSA) is 84.0 Å². The summed E-state index contributed by atoms with van der Waals surface area (Å²) in [6.45, 7) is 17.3. The third kappa shape index (κ3) is 12.1. The second kappa shape index (κ2) is 15.7. The maximum absolute atomic E-state index is 12.0. The van der Waals surface area contributed by atoms with Crippen LogP contribution in [0.4, 0.5) is 5.13 Å². The van der Waals surface area contributed by atoms with E-state index in [1.165, 1.54) is 23.1 Å². The molecule has 1 aromatic rings. The van der Waals surface area contributed by atoms with Crippen LogP contribution in [0.3, 0.4) is 0 Å². The Morgan fingerprint density at radius 3 is 2.50 bits per heavy atom. The number of aromatic nitrogens is 2. The molecule has 9 heteroatoms. The van der Waals surface area contributed by atoms with Gasteiger partial charge in [-0.15, -0.1) is 10.2 Å². The molecule has 6 nitrogen and oxygen atoms in total. The number of nitrogens with zero attached hydrogens (tertiary/aromatic N) is 2. The highest BCUT2D eigenvalue weighted by Crippen LogP contribution is 2.25. The zero-order valence-electron chi connectivity index (χ0n) is 19.0. The highest BCUT2D eigenvalue weighted by atomic mass is 32.2.